The molecule has 2 saturated heterocycles. The molecule has 0 saturated carbocycles. The Hall–Kier alpha value is -3.35. The lowest BCUT2D eigenvalue weighted by atomic mass is 9.89. The van der Waals surface area contributed by atoms with Crippen LogP contribution < -0.4 is 16.0 Å². The molecule has 2 unspecified atom stereocenters. The van der Waals surface area contributed by atoms with Crippen LogP contribution in [-0.2, 0) is 17.1 Å². The number of aryl methyl sites for hydroxylation is 1. The summed E-state index contributed by atoms with van der Waals surface area (Å²) < 4.78 is 37.3. The molecule has 1 N–H and O–H groups in total. The summed E-state index contributed by atoms with van der Waals surface area (Å²) >= 11 is 1.84. The van der Waals surface area contributed by atoms with Gasteiger partial charge in [-0.05, 0) is 80.8 Å². The molecule has 204 valence electrons. The van der Waals surface area contributed by atoms with E-state index in [2.05, 4.69) is 16.6 Å². The Morgan fingerprint density at radius 1 is 1.08 bits per heavy atom. The summed E-state index contributed by atoms with van der Waals surface area (Å²) in [5.74, 6) is 0.135. The lowest BCUT2D eigenvalue weighted by molar-refractivity contribution is 0.212. The lowest BCUT2D eigenvalue weighted by Crippen LogP contribution is -2.51. The highest BCUT2D eigenvalue weighted by Crippen LogP contribution is 2.53. The molecule has 2 fully saturated rings. The van der Waals surface area contributed by atoms with Gasteiger partial charge in [0.15, 0.2) is 11.5 Å². The molecule has 2 bridgehead atoms. The molecule has 3 aliphatic heterocycles. The molecule has 3 aliphatic rings. The summed E-state index contributed by atoms with van der Waals surface area (Å²) in [5.41, 5.74) is -0.458. The van der Waals surface area contributed by atoms with Crippen LogP contribution in [-0.4, -0.2) is 49.0 Å². The Bertz CT molecular complexity index is 1690. The number of nitrogens with zero attached hydrogens (tertiary/aromatic N) is 4. The highest BCUT2D eigenvalue weighted by atomic mass is 32.2. The smallest absolute Gasteiger partial charge is 0.351 e. The zero-order chi connectivity index (χ0) is 27.5. The number of aromatic hydroxyl groups is 1. The first-order chi connectivity index (χ1) is 18.6. The summed E-state index contributed by atoms with van der Waals surface area (Å²) in [6.45, 7) is 1.53. The molecule has 1 aromatic heterocycles. The molecule has 6 rings (SSSR count). The predicted molar refractivity (Wildman–Crippen MR) is 147 cm³/mol. The van der Waals surface area contributed by atoms with Crippen molar-refractivity contribution in [1.82, 2.24) is 18.7 Å². The minimum absolute atomic E-state index is 0.00782. The van der Waals surface area contributed by atoms with Gasteiger partial charge in [0.2, 0.25) is 10.0 Å². The molecule has 0 radical (unpaired) electrons. The summed E-state index contributed by atoms with van der Waals surface area (Å²) in [6.07, 6.45) is 6.55. The minimum Gasteiger partial charge on any atom is -0.504 e. The van der Waals surface area contributed by atoms with Gasteiger partial charge in [-0.2, -0.15) is 14.1 Å². The van der Waals surface area contributed by atoms with Gasteiger partial charge in [0.25, 0.3) is 5.56 Å². The largest absolute Gasteiger partial charge is 0.504 e. The van der Waals surface area contributed by atoms with Crippen LogP contribution in [0.1, 0.15) is 37.8 Å². The van der Waals surface area contributed by atoms with Crippen LogP contribution in [0.4, 0.5) is 0 Å². The third-order valence-corrected chi connectivity index (χ3v) is 11.1. The van der Waals surface area contributed by atoms with Gasteiger partial charge in [-0.1, -0.05) is 6.08 Å². The Labute approximate surface area is 229 Å². The normalized spacial score (nSPS) is 24.5. The van der Waals surface area contributed by atoms with E-state index in [1.54, 1.807) is 28.6 Å². The maximum Gasteiger partial charge on any atom is 0.351 e. The van der Waals surface area contributed by atoms with Gasteiger partial charge >= 0.3 is 5.69 Å². The van der Waals surface area contributed by atoms with Crippen molar-refractivity contribution >= 4 is 21.8 Å². The maximum atomic E-state index is 13.8. The summed E-state index contributed by atoms with van der Waals surface area (Å²) in [6, 6.07) is 10.3. The Balaban J connectivity index is 1.25. The number of piperidine rings is 1. The van der Waals surface area contributed by atoms with E-state index in [-0.39, 0.29) is 38.9 Å². The molecular formula is C27H28N4O6S2. The number of fused-ring (bicyclic) bond motifs is 2. The van der Waals surface area contributed by atoms with E-state index >= 15 is 0 Å². The monoisotopic (exact) mass is 568 g/mol. The van der Waals surface area contributed by atoms with Crippen molar-refractivity contribution in [1.29, 1.82) is 0 Å². The number of phenols is 1. The van der Waals surface area contributed by atoms with Gasteiger partial charge in [0.05, 0.1) is 10.6 Å². The number of sulfonamides is 1. The van der Waals surface area contributed by atoms with Crippen molar-refractivity contribution in [2.45, 2.75) is 60.8 Å². The number of ether oxygens (including phenoxy) is 1. The molecule has 4 heterocycles. The molecule has 0 amide bonds. The van der Waals surface area contributed by atoms with E-state index in [4.69, 9.17) is 4.74 Å². The molecule has 10 nitrogen and oxygen atoms in total. The number of phenolic OH excluding ortho intramolecular Hbond substituents is 1. The SMILES string of the molecule is Cc1nn(-c2ccc(Oc3cc(S(=O)(=O)N4C5CCC4CC4(CC=CS4)C5)ccc3O)cc2)c(=O)n(C)c1=O. The number of benzene rings is 2. The molecule has 2 aromatic carbocycles. The second-order valence-electron chi connectivity index (χ2n) is 10.4. The maximum absolute atomic E-state index is 13.8. The number of rotatable bonds is 5. The first-order valence-electron chi connectivity index (χ1n) is 12.7. The van der Waals surface area contributed by atoms with Crippen molar-refractivity contribution in [2.24, 2.45) is 7.05 Å². The topological polar surface area (TPSA) is 124 Å². The summed E-state index contributed by atoms with van der Waals surface area (Å²) in [5, 5.41) is 16.7. The quantitative estimate of drug-likeness (QED) is 0.497. The Morgan fingerprint density at radius 2 is 1.77 bits per heavy atom. The minimum atomic E-state index is -3.80. The van der Waals surface area contributed by atoms with Crippen molar-refractivity contribution in [3.05, 3.63) is 80.5 Å². The molecule has 12 heteroatoms. The van der Waals surface area contributed by atoms with Gasteiger partial charge in [-0.25, -0.2) is 13.2 Å². The van der Waals surface area contributed by atoms with E-state index in [1.807, 2.05) is 11.8 Å². The highest BCUT2D eigenvalue weighted by Gasteiger charge is 2.53. The van der Waals surface area contributed by atoms with Crippen LogP contribution in [0.15, 0.2) is 68.4 Å². The second-order valence-corrected chi connectivity index (χ2v) is 13.6. The third kappa shape index (κ3) is 4.40. The third-order valence-electron chi connectivity index (χ3n) is 7.82. The van der Waals surface area contributed by atoms with Crippen molar-refractivity contribution in [3.8, 4) is 22.9 Å². The van der Waals surface area contributed by atoms with Crippen LogP contribution in [0.25, 0.3) is 5.69 Å². The fourth-order valence-electron chi connectivity index (χ4n) is 5.94. The van der Waals surface area contributed by atoms with Crippen molar-refractivity contribution in [3.63, 3.8) is 0 Å². The van der Waals surface area contributed by atoms with Crippen LogP contribution in [0.2, 0.25) is 0 Å². The molecule has 1 spiro atoms. The number of allylic oxidation sites excluding steroid dienone is 1. The molecule has 39 heavy (non-hydrogen) atoms. The van der Waals surface area contributed by atoms with Gasteiger partial charge in [0, 0.05) is 29.9 Å². The fraction of sp³-hybridized carbons (Fsp3) is 0.370. The summed E-state index contributed by atoms with van der Waals surface area (Å²) in [4.78, 5) is 24.5. The standard InChI is InChI=1S/C27H28N4O6S2/c1-17-25(33)29(2)26(34)30(28-17)18-6-8-21(9-7-18)37-24-14-22(10-11-23(24)32)39(35,36)31-19-4-5-20(31)16-27(15-19)12-3-13-38-27/h3,6-11,13-14,19-20,32H,4-5,12,15-16H2,1-2H3. The van der Waals surface area contributed by atoms with Gasteiger partial charge in [-0.15, -0.1) is 11.8 Å². The number of hydrogen-bond acceptors (Lipinski definition) is 8. The zero-order valence-electron chi connectivity index (χ0n) is 21.5. The van der Waals surface area contributed by atoms with Crippen LogP contribution in [0, 0.1) is 6.92 Å². The van der Waals surface area contributed by atoms with E-state index in [0.717, 1.165) is 41.4 Å². The van der Waals surface area contributed by atoms with Crippen molar-refractivity contribution in [2.75, 3.05) is 0 Å². The van der Waals surface area contributed by atoms with Crippen molar-refractivity contribution < 1.29 is 18.3 Å². The van der Waals surface area contributed by atoms with Gasteiger partial charge < -0.3 is 9.84 Å². The van der Waals surface area contributed by atoms with E-state index in [9.17, 15) is 23.1 Å². The lowest BCUT2D eigenvalue weighted by Gasteiger charge is -2.43. The summed E-state index contributed by atoms with van der Waals surface area (Å²) in [7, 11) is -2.41. The number of thioether (sulfide) groups is 1. The first kappa shape index (κ1) is 25.9. The Morgan fingerprint density at radius 3 is 2.41 bits per heavy atom. The second kappa shape index (κ2) is 9.39. The average molecular weight is 569 g/mol. The van der Waals surface area contributed by atoms with Gasteiger partial charge in [0.1, 0.15) is 11.4 Å². The van der Waals surface area contributed by atoms with Gasteiger partial charge in [-0.3, -0.25) is 9.36 Å². The van der Waals surface area contributed by atoms with Crippen LogP contribution in [0.3, 0.4) is 0 Å². The van der Waals surface area contributed by atoms with E-state index in [1.165, 1.54) is 32.2 Å². The fourth-order valence-corrected chi connectivity index (χ4v) is 9.07. The number of hydrogen-bond donors (Lipinski definition) is 1. The molecule has 2 atom stereocenters. The first-order valence-corrected chi connectivity index (χ1v) is 15.0. The number of aromatic nitrogens is 3. The molecule has 3 aromatic rings. The van der Waals surface area contributed by atoms with E-state index < -0.39 is 21.3 Å². The highest BCUT2D eigenvalue weighted by molar-refractivity contribution is 8.03. The molecule has 0 aliphatic carbocycles. The predicted octanol–water partition coefficient (Wildman–Crippen LogP) is 3.44. The zero-order valence-corrected chi connectivity index (χ0v) is 23.1. The average Bonchev–Trinajstić information content (AvgIpc) is 3.48. The van der Waals surface area contributed by atoms with Crippen LogP contribution >= 0.6 is 11.8 Å². The molecular weight excluding hydrogens is 540 g/mol. The van der Waals surface area contributed by atoms with Crippen LogP contribution in [0.5, 0.6) is 17.2 Å². The van der Waals surface area contributed by atoms with E-state index in [0.29, 0.717) is 11.4 Å². The Kier molecular flexibility index (Phi) is 6.23.